The zero-order valence-electron chi connectivity index (χ0n) is 17.4. The van der Waals surface area contributed by atoms with E-state index in [1.54, 1.807) is 18.2 Å². The number of amides is 3. The second-order valence-electron chi connectivity index (χ2n) is 7.11. The average Bonchev–Trinajstić information content (AvgIpc) is 3.11. The molecule has 2 N–H and O–H groups in total. The van der Waals surface area contributed by atoms with Crippen LogP contribution in [-0.2, 0) is 4.79 Å². The fourth-order valence-electron chi connectivity index (χ4n) is 3.26. The smallest absolute Gasteiger partial charge is 0.288 e. The van der Waals surface area contributed by atoms with Crippen LogP contribution in [0.25, 0.3) is 11.3 Å². The van der Waals surface area contributed by atoms with Gasteiger partial charge in [0.05, 0.1) is 11.4 Å². The van der Waals surface area contributed by atoms with Crippen LogP contribution in [0.3, 0.4) is 0 Å². The highest BCUT2D eigenvalue weighted by Gasteiger charge is 2.29. The molecule has 0 spiro atoms. The van der Waals surface area contributed by atoms with Crippen LogP contribution >= 0.6 is 11.8 Å². The summed E-state index contributed by atoms with van der Waals surface area (Å²) in [6, 6.07) is 18.7. The van der Waals surface area contributed by atoms with Crippen molar-refractivity contribution in [2.75, 3.05) is 24.2 Å². The molecule has 0 aliphatic carbocycles. The Labute approximate surface area is 189 Å². The van der Waals surface area contributed by atoms with E-state index in [9.17, 15) is 14.4 Å². The molecule has 3 aromatic rings. The van der Waals surface area contributed by atoms with Gasteiger partial charge in [-0.2, -0.15) is 0 Å². The maximum Gasteiger partial charge on any atom is 0.288 e. The van der Waals surface area contributed by atoms with E-state index in [2.05, 4.69) is 20.6 Å². The lowest BCUT2D eigenvalue weighted by atomic mass is 10.1. The third-order valence-electron chi connectivity index (χ3n) is 4.77. The van der Waals surface area contributed by atoms with Crippen molar-refractivity contribution in [3.8, 4) is 11.3 Å². The Kier molecular flexibility index (Phi) is 6.46. The number of hydrogen-bond acceptors (Lipinski definition) is 7. The van der Waals surface area contributed by atoms with Gasteiger partial charge >= 0.3 is 0 Å². The highest BCUT2D eigenvalue weighted by molar-refractivity contribution is 8.14. The molecule has 1 saturated heterocycles. The maximum atomic E-state index is 12.5. The van der Waals surface area contributed by atoms with Crippen LogP contribution in [0.2, 0.25) is 0 Å². The monoisotopic (exact) mass is 447 g/mol. The molecule has 1 aromatic heterocycles. The number of imide groups is 1. The van der Waals surface area contributed by atoms with Crippen molar-refractivity contribution in [2.24, 2.45) is 0 Å². The van der Waals surface area contributed by atoms with Crippen LogP contribution in [0.1, 0.15) is 16.2 Å². The van der Waals surface area contributed by atoms with E-state index < -0.39 is 0 Å². The number of nitrogens with one attached hydrogen (secondary N) is 2. The summed E-state index contributed by atoms with van der Waals surface area (Å²) in [6.07, 6.45) is 0. The quantitative estimate of drug-likeness (QED) is 0.570. The van der Waals surface area contributed by atoms with Crippen LogP contribution in [0.15, 0.2) is 60.7 Å². The zero-order chi connectivity index (χ0) is 22.5. The van der Waals surface area contributed by atoms with Crippen molar-refractivity contribution >= 4 is 40.3 Å². The number of aryl methyl sites for hydroxylation is 1. The first-order valence-corrected chi connectivity index (χ1v) is 11.0. The molecule has 1 aliphatic heterocycles. The lowest BCUT2D eigenvalue weighted by Gasteiger charge is -2.13. The fourth-order valence-corrected chi connectivity index (χ4v) is 4.01. The SMILES string of the molecule is Cc1nc(Nc2cccc(C(=O)NCCN3C(=O)CSC3=O)c2)cc(-c2ccccc2)n1. The van der Waals surface area contributed by atoms with Crippen molar-refractivity contribution in [1.29, 1.82) is 0 Å². The largest absolute Gasteiger partial charge is 0.350 e. The molecule has 0 unspecified atom stereocenters. The van der Waals surface area contributed by atoms with Gasteiger partial charge in [0.15, 0.2) is 0 Å². The van der Waals surface area contributed by atoms with Gasteiger partial charge in [0.2, 0.25) is 5.91 Å². The summed E-state index contributed by atoms with van der Waals surface area (Å²) in [5, 5.41) is 5.71. The summed E-state index contributed by atoms with van der Waals surface area (Å²) in [6.45, 7) is 2.19. The lowest BCUT2D eigenvalue weighted by Crippen LogP contribution is -2.37. The normalized spacial score (nSPS) is 13.3. The second kappa shape index (κ2) is 9.61. The molecule has 32 heavy (non-hydrogen) atoms. The maximum absolute atomic E-state index is 12.5. The molecule has 2 aromatic carbocycles. The van der Waals surface area contributed by atoms with Crippen molar-refractivity contribution in [3.05, 3.63) is 72.1 Å². The Morgan fingerprint density at radius 1 is 1.06 bits per heavy atom. The van der Waals surface area contributed by atoms with Gasteiger partial charge in [-0.1, -0.05) is 48.2 Å². The molecule has 8 nitrogen and oxygen atoms in total. The average molecular weight is 448 g/mol. The minimum Gasteiger partial charge on any atom is -0.350 e. The molecular formula is C23H21N5O3S. The number of anilines is 2. The number of aromatic nitrogens is 2. The minimum absolute atomic E-state index is 0.162. The predicted octanol–water partition coefficient (Wildman–Crippen LogP) is 3.62. The van der Waals surface area contributed by atoms with E-state index in [0.29, 0.717) is 22.9 Å². The topological polar surface area (TPSA) is 104 Å². The standard InChI is InChI=1S/C23H21N5O3S/c1-15-25-19(16-6-3-2-4-7-16)13-20(26-15)27-18-9-5-8-17(12-18)22(30)24-10-11-28-21(29)14-32-23(28)31/h2-9,12-13H,10-11,14H2,1H3,(H,24,30)(H,25,26,27). The van der Waals surface area contributed by atoms with Gasteiger partial charge < -0.3 is 10.6 Å². The van der Waals surface area contributed by atoms with Gasteiger partial charge in [-0.3, -0.25) is 19.3 Å². The third kappa shape index (κ3) is 5.12. The van der Waals surface area contributed by atoms with Gasteiger partial charge in [0.25, 0.3) is 11.1 Å². The van der Waals surface area contributed by atoms with Crippen molar-refractivity contribution in [1.82, 2.24) is 20.2 Å². The summed E-state index contributed by atoms with van der Waals surface area (Å²) in [4.78, 5) is 45.9. The molecule has 1 aliphatic rings. The highest BCUT2D eigenvalue weighted by Crippen LogP contribution is 2.22. The molecule has 162 valence electrons. The summed E-state index contributed by atoms with van der Waals surface area (Å²) in [5.41, 5.74) is 2.95. The molecule has 3 amide bonds. The predicted molar refractivity (Wildman–Crippen MR) is 124 cm³/mol. The van der Waals surface area contributed by atoms with Gasteiger partial charge in [-0.15, -0.1) is 0 Å². The van der Waals surface area contributed by atoms with Crippen LogP contribution < -0.4 is 10.6 Å². The Balaban J connectivity index is 1.42. The zero-order valence-corrected chi connectivity index (χ0v) is 18.2. The molecule has 1 fully saturated rings. The Bertz CT molecular complexity index is 1150. The van der Waals surface area contributed by atoms with Crippen molar-refractivity contribution in [2.45, 2.75) is 6.92 Å². The second-order valence-corrected chi connectivity index (χ2v) is 8.04. The Morgan fingerprint density at radius 2 is 1.88 bits per heavy atom. The number of benzene rings is 2. The van der Waals surface area contributed by atoms with E-state index in [0.717, 1.165) is 27.9 Å². The molecule has 0 radical (unpaired) electrons. The van der Waals surface area contributed by atoms with E-state index in [-0.39, 0.29) is 35.9 Å². The molecule has 2 heterocycles. The first-order valence-electron chi connectivity index (χ1n) is 10.0. The number of nitrogens with zero attached hydrogens (tertiary/aromatic N) is 3. The van der Waals surface area contributed by atoms with Gasteiger partial charge in [0, 0.05) is 36.0 Å². The van der Waals surface area contributed by atoms with Gasteiger partial charge in [0.1, 0.15) is 11.6 Å². The van der Waals surface area contributed by atoms with Crippen molar-refractivity contribution < 1.29 is 14.4 Å². The van der Waals surface area contributed by atoms with Crippen LogP contribution in [0.5, 0.6) is 0 Å². The summed E-state index contributed by atoms with van der Waals surface area (Å²) >= 11 is 0.978. The molecule has 0 saturated carbocycles. The number of thioether (sulfide) groups is 1. The first kappa shape index (κ1) is 21.5. The summed E-state index contributed by atoms with van der Waals surface area (Å²) < 4.78 is 0. The van der Waals surface area contributed by atoms with E-state index in [4.69, 9.17) is 0 Å². The minimum atomic E-state index is -0.288. The molecule has 0 bridgehead atoms. The fraction of sp³-hybridized carbons (Fsp3) is 0.174. The molecular weight excluding hydrogens is 426 g/mol. The number of carbonyl (C=O) groups is 3. The van der Waals surface area contributed by atoms with E-state index in [1.165, 1.54) is 0 Å². The molecule has 0 atom stereocenters. The Morgan fingerprint density at radius 3 is 2.62 bits per heavy atom. The van der Waals surface area contributed by atoms with Crippen LogP contribution in [-0.4, -0.2) is 50.8 Å². The van der Waals surface area contributed by atoms with E-state index in [1.807, 2.05) is 49.4 Å². The van der Waals surface area contributed by atoms with Gasteiger partial charge in [-0.25, -0.2) is 9.97 Å². The first-order chi connectivity index (χ1) is 15.5. The van der Waals surface area contributed by atoms with E-state index >= 15 is 0 Å². The van der Waals surface area contributed by atoms with Crippen LogP contribution in [0, 0.1) is 6.92 Å². The molecule has 9 heteroatoms. The third-order valence-corrected chi connectivity index (χ3v) is 5.62. The Hall–Kier alpha value is -3.72. The van der Waals surface area contributed by atoms with Crippen LogP contribution in [0.4, 0.5) is 16.3 Å². The number of hydrogen-bond donors (Lipinski definition) is 2. The molecule has 4 rings (SSSR count). The summed E-state index contributed by atoms with van der Waals surface area (Å²) in [5.74, 6) is 0.902. The number of carbonyl (C=O) groups excluding carboxylic acids is 3. The summed E-state index contributed by atoms with van der Waals surface area (Å²) in [7, 11) is 0. The number of rotatable bonds is 7. The van der Waals surface area contributed by atoms with Gasteiger partial charge in [-0.05, 0) is 25.1 Å². The lowest BCUT2D eigenvalue weighted by molar-refractivity contribution is -0.124. The highest BCUT2D eigenvalue weighted by atomic mass is 32.2. The van der Waals surface area contributed by atoms with Crippen molar-refractivity contribution in [3.63, 3.8) is 0 Å².